The molecule has 0 saturated heterocycles. The molecule has 0 N–H and O–H groups in total. The lowest BCUT2D eigenvalue weighted by Crippen LogP contribution is -1.98. The van der Waals surface area contributed by atoms with Crippen molar-refractivity contribution in [2.75, 3.05) is 0 Å². The predicted octanol–water partition coefficient (Wildman–Crippen LogP) is 4.96. The molecule has 0 saturated carbocycles. The molecule has 156 valence electrons. The van der Waals surface area contributed by atoms with Crippen LogP contribution in [0, 0.1) is 0 Å². The Morgan fingerprint density at radius 1 is 0.969 bits per heavy atom. The molecule has 0 aliphatic rings. The predicted molar refractivity (Wildman–Crippen MR) is 119 cm³/mol. The number of fused-ring (bicyclic) bond motifs is 3. The molecule has 32 heavy (non-hydrogen) atoms. The van der Waals surface area contributed by atoms with Gasteiger partial charge in [-0.05, 0) is 42.5 Å². The zero-order chi connectivity index (χ0) is 21.5. The van der Waals surface area contributed by atoms with Crippen molar-refractivity contribution in [3.63, 3.8) is 0 Å². The molecule has 0 atom stereocenters. The van der Waals surface area contributed by atoms with E-state index in [4.69, 9.17) is 20.8 Å². The number of rotatable bonds is 5. The van der Waals surface area contributed by atoms with E-state index in [0.717, 1.165) is 11.1 Å². The average Bonchev–Trinajstić information content (AvgIpc) is 3.55. The average molecular weight is 443 g/mol. The first-order valence-electron chi connectivity index (χ1n) is 9.86. The van der Waals surface area contributed by atoms with Crippen LogP contribution >= 0.6 is 11.6 Å². The number of para-hydroxylation sites is 1. The number of ether oxygens (including phenoxy) is 1. The fraction of sp³-hybridized carbons (Fsp3) is 0.0435. The van der Waals surface area contributed by atoms with Gasteiger partial charge in [0.2, 0.25) is 5.82 Å². The first-order chi connectivity index (χ1) is 15.7. The summed E-state index contributed by atoms with van der Waals surface area (Å²) in [6, 6.07) is 20.7. The van der Waals surface area contributed by atoms with Crippen LogP contribution in [0.25, 0.3) is 34.0 Å². The van der Waals surface area contributed by atoms with E-state index in [1.54, 1.807) is 33.9 Å². The molecular weight excluding hydrogens is 428 g/mol. The Labute approximate surface area is 186 Å². The van der Waals surface area contributed by atoms with Crippen molar-refractivity contribution in [3.8, 4) is 23.0 Å². The largest absolute Gasteiger partial charge is 0.486 e. The summed E-state index contributed by atoms with van der Waals surface area (Å²) < 4.78 is 15.0. The van der Waals surface area contributed by atoms with Crippen molar-refractivity contribution in [2.24, 2.45) is 0 Å². The van der Waals surface area contributed by atoms with Gasteiger partial charge in [0.05, 0.1) is 17.3 Å². The van der Waals surface area contributed by atoms with Crippen LogP contribution in [0.3, 0.4) is 0 Å². The van der Waals surface area contributed by atoms with E-state index in [2.05, 4.69) is 20.2 Å². The molecule has 0 amide bonds. The molecule has 0 bridgehead atoms. The Hall–Kier alpha value is -4.17. The molecular formula is C23H15ClN6O2. The number of furan rings is 1. The molecule has 0 radical (unpaired) electrons. The highest BCUT2D eigenvalue weighted by Crippen LogP contribution is 2.25. The van der Waals surface area contributed by atoms with Gasteiger partial charge in [-0.15, -0.1) is 5.10 Å². The Morgan fingerprint density at radius 3 is 2.75 bits per heavy atom. The molecule has 0 fully saturated rings. The number of hydrogen-bond acceptors (Lipinski definition) is 6. The number of nitrogens with zero attached hydrogens (tertiary/aromatic N) is 6. The lowest BCUT2D eigenvalue weighted by atomic mass is 10.3. The number of benzene rings is 2. The molecule has 8 nitrogen and oxygen atoms in total. The highest BCUT2D eigenvalue weighted by atomic mass is 35.5. The van der Waals surface area contributed by atoms with Crippen LogP contribution in [0.4, 0.5) is 0 Å². The van der Waals surface area contributed by atoms with Crippen molar-refractivity contribution in [1.82, 2.24) is 29.4 Å². The summed E-state index contributed by atoms with van der Waals surface area (Å²) in [5.41, 5.74) is 2.28. The lowest BCUT2D eigenvalue weighted by Gasteiger charge is -2.03. The van der Waals surface area contributed by atoms with Crippen LogP contribution in [0.5, 0.6) is 5.75 Å². The Morgan fingerprint density at radius 2 is 1.88 bits per heavy atom. The van der Waals surface area contributed by atoms with Crippen molar-refractivity contribution in [2.45, 2.75) is 6.61 Å². The second kappa shape index (κ2) is 7.51. The fourth-order valence-corrected chi connectivity index (χ4v) is 3.65. The zero-order valence-electron chi connectivity index (χ0n) is 16.6. The minimum atomic E-state index is 0.267. The number of hydrogen-bond donors (Lipinski definition) is 0. The highest BCUT2D eigenvalue weighted by molar-refractivity contribution is 6.30. The summed E-state index contributed by atoms with van der Waals surface area (Å²) >= 11 is 5.99. The molecule has 4 aromatic heterocycles. The van der Waals surface area contributed by atoms with Gasteiger partial charge in [-0.2, -0.15) is 5.10 Å². The minimum Gasteiger partial charge on any atom is -0.486 e. The normalized spacial score (nSPS) is 11.4. The summed E-state index contributed by atoms with van der Waals surface area (Å²) in [5.74, 6) is 2.33. The smallest absolute Gasteiger partial charge is 0.217 e. The second-order valence-electron chi connectivity index (χ2n) is 7.09. The summed E-state index contributed by atoms with van der Waals surface area (Å²) in [6.45, 7) is 0.267. The first kappa shape index (κ1) is 18.6. The first-order valence-corrected chi connectivity index (χ1v) is 10.2. The summed E-state index contributed by atoms with van der Waals surface area (Å²) in [4.78, 5) is 9.20. The standard InChI is InChI=1S/C23H15ClN6O2/c24-15-5-4-8-17(11-15)31-13-18-9-10-20(32-18)21-27-23-19-12-26-30(16-6-2-1-3-7-16)22(19)25-14-29(23)28-21/h1-12,14H,13H2. The molecule has 0 spiro atoms. The molecule has 6 aromatic rings. The number of halogens is 1. The van der Waals surface area contributed by atoms with Gasteiger partial charge in [0.1, 0.15) is 24.4 Å². The van der Waals surface area contributed by atoms with Gasteiger partial charge in [-0.1, -0.05) is 35.9 Å². The molecule has 9 heteroatoms. The third-order valence-electron chi connectivity index (χ3n) is 4.97. The van der Waals surface area contributed by atoms with Crippen LogP contribution < -0.4 is 4.74 Å². The van der Waals surface area contributed by atoms with E-state index in [9.17, 15) is 0 Å². The maximum absolute atomic E-state index is 5.99. The molecule has 6 rings (SSSR count). The molecule has 2 aromatic carbocycles. The fourth-order valence-electron chi connectivity index (χ4n) is 3.47. The molecule has 0 unspecified atom stereocenters. The zero-order valence-corrected chi connectivity index (χ0v) is 17.3. The Balaban J connectivity index is 1.31. The van der Waals surface area contributed by atoms with Crippen molar-refractivity contribution in [1.29, 1.82) is 0 Å². The van der Waals surface area contributed by atoms with E-state index < -0.39 is 0 Å². The van der Waals surface area contributed by atoms with Crippen molar-refractivity contribution >= 4 is 28.3 Å². The van der Waals surface area contributed by atoms with Crippen LogP contribution in [0.2, 0.25) is 5.02 Å². The SMILES string of the molecule is Clc1cccc(OCc2ccc(-c3nc4c5cnn(-c6ccccc6)c5ncn4n3)o2)c1. The maximum Gasteiger partial charge on any atom is 0.217 e. The summed E-state index contributed by atoms with van der Waals surface area (Å²) in [6.07, 6.45) is 3.37. The second-order valence-corrected chi connectivity index (χ2v) is 7.53. The van der Waals surface area contributed by atoms with Crippen LogP contribution in [0.1, 0.15) is 5.76 Å². The van der Waals surface area contributed by atoms with Crippen molar-refractivity contribution < 1.29 is 9.15 Å². The van der Waals surface area contributed by atoms with Gasteiger partial charge in [0.25, 0.3) is 0 Å². The van der Waals surface area contributed by atoms with E-state index in [1.165, 1.54) is 0 Å². The molecule has 4 heterocycles. The highest BCUT2D eigenvalue weighted by Gasteiger charge is 2.16. The van der Waals surface area contributed by atoms with Gasteiger partial charge in [0.15, 0.2) is 17.1 Å². The van der Waals surface area contributed by atoms with Crippen LogP contribution in [-0.4, -0.2) is 29.4 Å². The van der Waals surface area contributed by atoms with Gasteiger partial charge in [-0.3, -0.25) is 0 Å². The Kier molecular flexibility index (Phi) is 4.36. The Bertz CT molecular complexity index is 1550. The lowest BCUT2D eigenvalue weighted by molar-refractivity contribution is 0.272. The maximum atomic E-state index is 5.99. The topological polar surface area (TPSA) is 83.3 Å². The third kappa shape index (κ3) is 3.27. The van der Waals surface area contributed by atoms with Gasteiger partial charge >= 0.3 is 0 Å². The quantitative estimate of drug-likeness (QED) is 0.375. The summed E-state index contributed by atoms with van der Waals surface area (Å²) in [7, 11) is 0. The van der Waals surface area contributed by atoms with E-state index in [0.29, 0.717) is 39.4 Å². The summed E-state index contributed by atoms with van der Waals surface area (Å²) in [5, 5.41) is 10.4. The van der Waals surface area contributed by atoms with E-state index in [1.807, 2.05) is 54.6 Å². The van der Waals surface area contributed by atoms with Gasteiger partial charge in [-0.25, -0.2) is 19.2 Å². The van der Waals surface area contributed by atoms with Gasteiger partial charge < -0.3 is 9.15 Å². The number of aromatic nitrogens is 6. The van der Waals surface area contributed by atoms with Crippen LogP contribution in [0.15, 0.2) is 83.7 Å². The molecule has 0 aliphatic heterocycles. The molecule has 0 aliphatic carbocycles. The van der Waals surface area contributed by atoms with Gasteiger partial charge in [0, 0.05) is 5.02 Å². The van der Waals surface area contributed by atoms with E-state index in [-0.39, 0.29) is 6.61 Å². The van der Waals surface area contributed by atoms with Crippen LogP contribution in [-0.2, 0) is 6.61 Å². The van der Waals surface area contributed by atoms with Crippen molar-refractivity contribution in [3.05, 3.63) is 90.0 Å². The monoisotopic (exact) mass is 442 g/mol. The third-order valence-corrected chi connectivity index (χ3v) is 5.20. The minimum absolute atomic E-state index is 0.267. The van der Waals surface area contributed by atoms with E-state index >= 15 is 0 Å².